The van der Waals surface area contributed by atoms with Gasteiger partial charge in [-0.2, -0.15) is 0 Å². The van der Waals surface area contributed by atoms with Crippen molar-refractivity contribution in [1.82, 2.24) is 9.88 Å². The van der Waals surface area contributed by atoms with Gasteiger partial charge < -0.3 is 9.64 Å². The predicted octanol–water partition coefficient (Wildman–Crippen LogP) is 1.93. The van der Waals surface area contributed by atoms with Gasteiger partial charge in [-0.05, 0) is 30.7 Å². The van der Waals surface area contributed by atoms with E-state index in [9.17, 15) is 13.2 Å². The molecule has 6 nitrogen and oxygen atoms in total. The first-order valence-electron chi connectivity index (χ1n) is 7.51. The van der Waals surface area contributed by atoms with E-state index in [1.54, 1.807) is 37.6 Å². The van der Waals surface area contributed by atoms with Crippen molar-refractivity contribution in [2.75, 3.05) is 7.11 Å². The predicted molar refractivity (Wildman–Crippen MR) is 88.9 cm³/mol. The number of rotatable bonds is 4. The summed E-state index contributed by atoms with van der Waals surface area (Å²) in [5, 5.41) is -2.06. The number of methoxy groups -OCH3 is 1. The Morgan fingerprint density at radius 3 is 2.50 bits per heavy atom. The minimum Gasteiger partial charge on any atom is -0.497 e. The number of hydrogen-bond acceptors (Lipinski definition) is 5. The molecule has 0 radical (unpaired) electrons. The number of aromatic nitrogens is 1. The van der Waals surface area contributed by atoms with Crippen LogP contribution in [0.2, 0.25) is 0 Å². The van der Waals surface area contributed by atoms with Gasteiger partial charge in [-0.1, -0.05) is 18.2 Å². The molecule has 7 heteroatoms. The van der Waals surface area contributed by atoms with Gasteiger partial charge in [-0.3, -0.25) is 9.78 Å². The lowest BCUT2D eigenvalue weighted by atomic mass is 10.1. The summed E-state index contributed by atoms with van der Waals surface area (Å²) in [4.78, 5) is 17.9. The second-order valence-corrected chi connectivity index (χ2v) is 8.02. The second-order valence-electron chi connectivity index (χ2n) is 5.68. The first kappa shape index (κ1) is 16.4. The number of nitrogens with zero attached hydrogens (tertiary/aromatic N) is 2. The molecule has 1 aromatic carbocycles. The number of carbonyl (C=O) groups is 1. The van der Waals surface area contributed by atoms with Crippen LogP contribution >= 0.6 is 0 Å². The van der Waals surface area contributed by atoms with Gasteiger partial charge in [0.1, 0.15) is 11.0 Å². The molecule has 1 aromatic heterocycles. The molecule has 1 fully saturated rings. The number of ether oxygens (including phenoxy) is 1. The number of hydrogen-bond donors (Lipinski definition) is 0. The van der Waals surface area contributed by atoms with Gasteiger partial charge in [-0.15, -0.1) is 0 Å². The molecule has 2 atom stereocenters. The number of carbonyl (C=O) groups excluding carboxylic acids is 1. The average molecular weight is 346 g/mol. The van der Waals surface area contributed by atoms with E-state index in [2.05, 4.69) is 4.98 Å². The van der Waals surface area contributed by atoms with Gasteiger partial charge in [0.25, 0.3) is 0 Å². The van der Waals surface area contributed by atoms with Crippen LogP contribution in [0.25, 0.3) is 0 Å². The van der Waals surface area contributed by atoms with Crippen LogP contribution < -0.4 is 4.74 Å². The maximum Gasteiger partial charge on any atom is 0.242 e. The van der Waals surface area contributed by atoms with Crippen molar-refractivity contribution in [2.45, 2.75) is 24.1 Å². The summed E-state index contributed by atoms with van der Waals surface area (Å²) in [6, 6.07) is 10.6. The first-order valence-corrected chi connectivity index (χ1v) is 9.12. The van der Waals surface area contributed by atoms with Crippen molar-refractivity contribution in [2.24, 2.45) is 0 Å². The first-order chi connectivity index (χ1) is 11.4. The Morgan fingerprint density at radius 2 is 1.92 bits per heavy atom. The van der Waals surface area contributed by atoms with E-state index < -0.39 is 20.5 Å². The third-order valence-corrected chi connectivity index (χ3v) is 6.54. The van der Waals surface area contributed by atoms with Crippen LogP contribution in [0, 0.1) is 0 Å². The molecule has 1 aliphatic rings. The zero-order chi connectivity index (χ0) is 17.3. The lowest BCUT2D eigenvalue weighted by Gasteiger charge is -2.23. The number of amides is 1. The minimum absolute atomic E-state index is 0.214. The maximum absolute atomic E-state index is 12.7. The zero-order valence-electron chi connectivity index (χ0n) is 13.4. The van der Waals surface area contributed by atoms with Crippen LogP contribution in [-0.2, 0) is 21.2 Å². The summed E-state index contributed by atoms with van der Waals surface area (Å²) in [7, 11) is -2.06. The molecule has 0 saturated carbocycles. The van der Waals surface area contributed by atoms with Gasteiger partial charge in [0, 0.05) is 24.5 Å². The van der Waals surface area contributed by atoms with Crippen LogP contribution in [0.1, 0.15) is 23.4 Å². The Labute approximate surface area is 141 Å². The number of benzene rings is 1. The lowest BCUT2D eigenvalue weighted by Crippen LogP contribution is -2.29. The summed E-state index contributed by atoms with van der Waals surface area (Å²) >= 11 is 0. The standard InChI is InChI=1S/C17H18N2O4S/c1-12-16(20)19(11-13-5-7-15(23-2)8-6-13)17(24(12,21)22)14-4-3-9-18-10-14/h3-10,12,17H,11H2,1-2H3/t12-,17-/m1/s1. The molecule has 2 aromatic rings. The Hall–Kier alpha value is -2.41. The van der Waals surface area contributed by atoms with Crippen molar-refractivity contribution >= 4 is 15.7 Å². The third kappa shape index (κ3) is 2.75. The van der Waals surface area contributed by atoms with E-state index in [0.717, 1.165) is 5.56 Å². The van der Waals surface area contributed by atoms with Crippen molar-refractivity contribution in [3.8, 4) is 5.75 Å². The molecule has 1 saturated heterocycles. The highest BCUT2D eigenvalue weighted by molar-refractivity contribution is 7.93. The second kappa shape index (κ2) is 6.24. The smallest absolute Gasteiger partial charge is 0.242 e. The van der Waals surface area contributed by atoms with E-state index in [0.29, 0.717) is 11.3 Å². The highest BCUT2D eigenvalue weighted by Gasteiger charge is 2.50. The average Bonchev–Trinajstić information content (AvgIpc) is 2.76. The topological polar surface area (TPSA) is 76.6 Å². The molecular weight excluding hydrogens is 328 g/mol. The fraction of sp³-hybridized carbons (Fsp3) is 0.294. The van der Waals surface area contributed by atoms with Crippen LogP contribution in [-0.4, -0.2) is 36.6 Å². The van der Waals surface area contributed by atoms with Gasteiger partial charge in [0.15, 0.2) is 15.2 Å². The van der Waals surface area contributed by atoms with Crippen LogP contribution in [0.3, 0.4) is 0 Å². The fourth-order valence-electron chi connectivity index (χ4n) is 2.84. The molecular formula is C17H18N2O4S. The summed E-state index contributed by atoms with van der Waals surface area (Å²) in [5.41, 5.74) is 1.34. The Bertz CT molecular complexity index is 835. The zero-order valence-corrected chi connectivity index (χ0v) is 14.2. The molecule has 0 spiro atoms. The molecule has 0 aliphatic carbocycles. The molecule has 1 aliphatic heterocycles. The molecule has 24 heavy (non-hydrogen) atoms. The molecule has 3 rings (SSSR count). The van der Waals surface area contributed by atoms with Crippen molar-refractivity contribution in [3.05, 3.63) is 59.9 Å². The summed E-state index contributed by atoms with van der Waals surface area (Å²) < 4.78 is 30.5. The van der Waals surface area contributed by atoms with E-state index in [1.165, 1.54) is 18.0 Å². The molecule has 0 N–H and O–H groups in total. The van der Waals surface area contributed by atoms with Crippen LogP contribution in [0.15, 0.2) is 48.8 Å². The molecule has 126 valence electrons. The maximum atomic E-state index is 12.7. The molecule has 0 bridgehead atoms. The van der Waals surface area contributed by atoms with Gasteiger partial charge >= 0.3 is 0 Å². The SMILES string of the molecule is COc1ccc(CN2C(=O)[C@@H](C)S(=O)(=O)[C@@H]2c2cccnc2)cc1. The quantitative estimate of drug-likeness (QED) is 0.845. The Kier molecular flexibility index (Phi) is 4.28. The van der Waals surface area contributed by atoms with Gasteiger partial charge in [-0.25, -0.2) is 8.42 Å². The van der Waals surface area contributed by atoms with Crippen LogP contribution in [0.5, 0.6) is 5.75 Å². The summed E-state index contributed by atoms with van der Waals surface area (Å²) in [6.45, 7) is 1.65. The van der Waals surface area contributed by atoms with E-state index >= 15 is 0 Å². The van der Waals surface area contributed by atoms with Crippen molar-refractivity contribution in [1.29, 1.82) is 0 Å². The van der Waals surface area contributed by atoms with Gasteiger partial charge in [0.05, 0.1) is 7.11 Å². The Morgan fingerprint density at radius 1 is 1.21 bits per heavy atom. The highest BCUT2D eigenvalue weighted by atomic mass is 32.2. The molecule has 1 amide bonds. The number of sulfone groups is 1. The Balaban J connectivity index is 1.98. The summed E-state index contributed by atoms with van der Waals surface area (Å²) in [6.07, 6.45) is 3.07. The van der Waals surface area contributed by atoms with Gasteiger partial charge in [0.2, 0.25) is 5.91 Å². The molecule has 2 heterocycles. The minimum atomic E-state index is -3.64. The number of pyridine rings is 1. The normalized spacial score (nSPS) is 22.6. The van der Waals surface area contributed by atoms with Crippen molar-refractivity contribution < 1.29 is 17.9 Å². The van der Waals surface area contributed by atoms with E-state index in [1.807, 2.05) is 12.1 Å². The summed E-state index contributed by atoms with van der Waals surface area (Å²) in [5.74, 6) is 0.316. The third-order valence-electron chi connectivity index (χ3n) is 4.20. The lowest BCUT2D eigenvalue weighted by molar-refractivity contribution is -0.130. The van der Waals surface area contributed by atoms with Crippen molar-refractivity contribution in [3.63, 3.8) is 0 Å². The molecule has 0 unspecified atom stereocenters. The monoisotopic (exact) mass is 346 g/mol. The largest absolute Gasteiger partial charge is 0.497 e. The highest BCUT2D eigenvalue weighted by Crippen LogP contribution is 2.38. The van der Waals surface area contributed by atoms with E-state index in [4.69, 9.17) is 4.74 Å². The fourth-order valence-corrected chi connectivity index (χ4v) is 4.70. The van der Waals surface area contributed by atoms with Crippen LogP contribution in [0.4, 0.5) is 0 Å². The van der Waals surface area contributed by atoms with E-state index in [-0.39, 0.29) is 12.5 Å².